The Labute approximate surface area is 246 Å². The van der Waals surface area contributed by atoms with Crippen molar-refractivity contribution in [1.82, 2.24) is 9.97 Å². The van der Waals surface area contributed by atoms with Crippen LogP contribution in [-0.4, -0.2) is 18.0 Å². The molecule has 0 bridgehead atoms. The zero-order valence-corrected chi connectivity index (χ0v) is 25.6. The normalized spacial score (nSPS) is 11.3. The van der Waals surface area contributed by atoms with E-state index in [9.17, 15) is 4.39 Å². The van der Waals surface area contributed by atoms with Gasteiger partial charge < -0.3 is 13.8 Å². The minimum Gasteiger partial charge on any atom is -0.481 e. The van der Waals surface area contributed by atoms with Crippen LogP contribution in [0.5, 0.6) is 0 Å². The van der Waals surface area contributed by atoms with Gasteiger partial charge >= 0.3 is 0 Å². The summed E-state index contributed by atoms with van der Waals surface area (Å²) < 4.78 is 24.6. The summed E-state index contributed by atoms with van der Waals surface area (Å²) in [6.07, 6.45) is 1.93. The number of hydrogen-bond acceptors (Lipinski definition) is 4. The van der Waals surface area contributed by atoms with Crippen molar-refractivity contribution in [2.45, 2.75) is 19.6 Å². The molecule has 3 aromatic heterocycles. The minimum absolute atomic E-state index is 0. The second-order valence-corrected chi connectivity index (χ2v) is 15.4. The first-order valence-corrected chi connectivity index (χ1v) is 16.2. The number of benzene rings is 4. The number of para-hydroxylation sites is 3. The fraction of sp³-hybridized carbons (Fsp3) is 0.0909. The Morgan fingerprint density at radius 1 is 0.775 bits per heavy atom. The maximum atomic E-state index is 12.8. The van der Waals surface area contributed by atoms with E-state index in [1.807, 2.05) is 72.9 Å². The Kier molecular flexibility index (Phi) is 7.81. The second kappa shape index (κ2) is 11.3. The SMILES string of the molecule is C[Si](C)(C)c1ccc(-c2[c-]cc(F)cc2)nc1.[Ir].[c-]1ccc2oc3ccccc3c2c1-c1nc2ccccc2o1. The van der Waals surface area contributed by atoms with Crippen molar-refractivity contribution in [3.8, 4) is 22.7 Å². The van der Waals surface area contributed by atoms with Gasteiger partial charge in [0.25, 0.3) is 0 Å². The van der Waals surface area contributed by atoms with Gasteiger partial charge in [-0.05, 0) is 34.5 Å². The van der Waals surface area contributed by atoms with E-state index in [4.69, 9.17) is 8.83 Å². The third-order valence-corrected chi connectivity index (χ3v) is 8.55. The van der Waals surface area contributed by atoms with Crippen LogP contribution < -0.4 is 5.19 Å². The van der Waals surface area contributed by atoms with Gasteiger partial charge in [-0.15, -0.1) is 42.0 Å². The molecule has 0 aliphatic rings. The molecule has 0 amide bonds. The monoisotopic (exact) mass is 721 g/mol. The van der Waals surface area contributed by atoms with Crippen molar-refractivity contribution in [1.29, 1.82) is 0 Å². The Morgan fingerprint density at radius 3 is 2.25 bits per heavy atom. The third kappa shape index (κ3) is 5.54. The van der Waals surface area contributed by atoms with E-state index < -0.39 is 8.07 Å². The minimum atomic E-state index is -1.30. The molecule has 0 atom stereocenters. The summed E-state index contributed by atoms with van der Waals surface area (Å²) in [5.74, 6) is 0.297. The van der Waals surface area contributed by atoms with Gasteiger partial charge in [0.2, 0.25) is 0 Å². The predicted octanol–water partition coefficient (Wildman–Crippen LogP) is 8.42. The standard InChI is InChI=1S/C19H10NO2.C14H15FNSi.Ir/c1-3-9-15-12(6-1)18-13(7-5-11-17(18)21-15)19-20-14-8-2-4-10-16(14)22-19;1-17(2,3)13-8-9-14(16-10-13)11-4-6-12(15)7-5-11;/h1-6,8-11H;4,6-10H,1-3H3;/q2*-1;. The Balaban J connectivity index is 0.000000163. The van der Waals surface area contributed by atoms with Crippen molar-refractivity contribution in [2.24, 2.45) is 0 Å². The number of furan rings is 1. The molecule has 4 nitrogen and oxygen atoms in total. The molecule has 7 aromatic rings. The van der Waals surface area contributed by atoms with Crippen LogP contribution in [0.4, 0.5) is 4.39 Å². The number of hydrogen-bond donors (Lipinski definition) is 0. The molecule has 0 aliphatic carbocycles. The fourth-order valence-corrected chi connectivity index (χ4v) is 5.46. The molecule has 0 spiro atoms. The van der Waals surface area contributed by atoms with Crippen LogP contribution >= 0.6 is 0 Å². The van der Waals surface area contributed by atoms with Gasteiger partial charge in [0.15, 0.2) is 0 Å². The molecular formula is C33H25FIrN2O2Si-2. The first-order chi connectivity index (χ1) is 18.9. The number of halogens is 1. The topological polar surface area (TPSA) is 52.1 Å². The molecule has 0 fully saturated rings. The van der Waals surface area contributed by atoms with Crippen molar-refractivity contribution >= 4 is 46.3 Å². The van der Waals surface area contributed by atoms with Crippen LogP contribution in [0.3, 0.4) is 0 Å². The summed E-state index contributed by atoms with van der Waals surface area (Å²) >= 11 is 0. The Morgan fingerprint density at radius 2 is 1.55 bits per heavy atom. The smallest absolute Gasteiger partial charge is 0.142 e. The third-order valence-electron chi connectivity index (χ3n) is 6.52. The summed E-state index contributed by atoms with van der Waals surface area (Å²) in [6.45, 7) is 6.86. The Hall–Kier alpha value is -3.90. The van der Waals surface area contributed by atoms with Gasteiger partial charge in [-0.25, -0.2) is 0 Å². The number of oxazole rings is 1. The molecular weight excluding hydrogens is 696 g/mol. The maximum absolute atomic E-state index is 12.8. The first-order valence-electron chi connectivity index (χ1n) is 12.7. The summed E-state index contributed by atoms with van der Waals surface area (Å²) in [4.78, 5) is 9.01. The molecule has 1 radical (unpaired) electrons. The average molecular weight is 721 g/mol. The molecule has 7 heteroatoms. The zero-order valence-electron chi connectivity index (χ0n) is 22.2. The van der Waals surface area contributed by atoms with Gasteiger partial charge in [-0.1, -0.05) is 79.1 Å². The van der Waals surface area contributed by atoms with Crippen LogP contribution in [0.25, 0.3) is 55.7 Å². The fourth-order valence-electron chi connectivity index (χ4n) is 4.42. The average Bonchev–Trinajstić information content (AvgIpc) is 3.55. The molecule has 0 aliphatic heterocycles. The van der Waals surface area contributed by atoms with E-state index in [1.165, 1.54) is 17.3 Å². The molecule has 0 N–H and O–H groups in total. The zero-order chi connectivity index (χ0) is 27.0. The van der Waals surface area contributed by atoms with Crippen LogP contribution in [0.15, 0.2) is 106 Å². The molecule has 201 valence electrons. The molecule has 0 saturated heterocycles. The summed E-state index contributed by atoms with van der Waals surface area (Å²) in [5.41, 5.74) is 5.79. The number of nitrogens with zero attached hydrogens (tertiary/aromatic N) is 2. The maximum Gasteiger partial charge on any atom is 0.142 e. The molecule has 40 heavy (non-hydrogen) atoms. The van der Waals surface area contributed by atoms with Gasteiger partial charge in [-0.3, -0.25) is 9.37 Å². The van der Waals surface area contributed by atoms with Crippen molar-refractivity contribution in [3.05, 3.63) is 115 Å². The number of pyridine rings is 1. The van der Waals surface area contributed by atoms with Gasteiger partial charge in [0, 0.05) is 32.1 Å². The summed E-state index contributed by atoms with van der Waals surface area (Å²) in [7, 11) is -1.30. The molecule has 0 unspecified atom stereocenters. The van der Waals surface area contributed by atoms with Gasteiger partial charge in [0.05, 0.1) is 19.2 Å². The van der Waals surface area contributed by atoms with Crippen molar-refractivity contribution < 1.29 is 33.3 Å². The van der Waals surface area contributed by atoms with E-state index in [-0.39, 0.29) is 25.9 Å². The molecule has 0 saturated carbocycles. The summed E-state index contributed by atoms with van der Waals surface area (Å²) in [6, 6.07) is 34.2. The quantitative estimate of drug-likeness (QED) is 0.136. The van der Waals surface area contributed by atoms with E-state index in [1.54, 1.807) is 6.07 Å². The van der Waals surface area contributed by atoms with E-state index in [2.05, 4.69) is 47.8 Å². The number of fused-ring (bicyclic) bond motifs is 4. The van der Waals surface area contributed by atoms with Gasteiger partial charge in [-0.2, -0.15) is 0 Å². The van der Waals surface area contributed by atoms with E-state index in [0.29, 0.717) is 5.89 Å². The molecule has 4 aromatic carbocycles. The van der Waals surface area contributed by atoms with Crippen LogP contribution in [0, 0.1) is 17.9 Å². The van der Waals surface area contributed by atoms with E-state index in [0.717, 1.165) is 49.9 Å². The molecule has 7 rings (SSSR count). The predicted molar refractivity (Wildman–Crippen MR) is 157 cm³/mol. The van der Waals surface area contributed by atoms with Crippen LogP contribution in [0.1, 0.15) is 0 Å². The number of rotatable bonds is 3. The van der Waals surface area contributed by atoms with Crippen molar-refractivity contribution in [2.75, 3.05) is 0 Å². The molecule has 3 heterocycles. The Bertz CT molecular complexity index is 1870. The van der Waals surface area contributed by atoms with Gasteiger partial charge in [0.1, 0.15) is 17.1 Å². The second-order valence-electron chi connectivity index (χ2n) is 10.3. The largest absolute Gasteiger partial charge is 0.481 e. The van der Waals surface area contributed by atoms with Crippen LogP contribution in [-0.2, 0) is 20.1 Å². The van der Waals surface area contributed by atoms with Crippen LogP contribution in [0.2, 0.25) is 19.6 Å². The summed E-state index contributed by atoms with van der Waals surface area (Å²) in [5, 5.41) is 3.36. The number of aromatic nitrogens is 2. The first kappa shape index (κ1) is 27.7. The van der Waals surface area contributed by atoms with Crippen molar-refractivity contribution in [3.63, 3.8) is 0 Å². The van der Waals surface area contributed by atoms with E-state index >= 15 is 0 Å².